The molecule has 0 aliphatic carbocycles. The van der Waals surface area contributed by atoms with Crippen molar-refractivity contribution in [1.29, 1.82) is 0 Å². The average Bonchev–Trinajstić information content (AvgIpc) is 3.08. The van der Waals surface area contributed by atoms with E-state index in [1.807, 2.05) is 20.8 Å². The fourth-order valence-electron chi connectivity index (χ4n) is 4.04. The Balaban J connectivity index is 1.82. The number of nitrogens with zero attached hydrogens (tertiary/aromatic N) is 2. The summed E-state index contributed by atoms with van der Waals surface area (Å²) in [5, 5.41) is 11.1. The zero-order valence-electron chi connectivity index (χ0n) is 17.1. The van der Waals surface area contributed by atoms with Gasteiger partial charge in [-0.1, -0.05) is 45.0 Å². The molecule has 0 unspecified atom stereocenters. The first-order valence-electron chi connectivity index (χ1n) is 9.54. The summed E-state index contributed by atoms with van der Waals surface area (Å²) >= 11 is 0. The number of aliphatic hydroxyl groups is 1. The SMILES string of the molecule is CC(C)(C)[C@H]1C(O)=C(C2=NS(=O)(=O)c3ccccc32)C(=O)N1Cc1ccc(F)c(F)c1. The number of benzene rings is 2. The number of amides is 1. The molecule has 1 N–H and O–H groups in total. The second-order valence-corrected chi connectivity index (χ2v) is 10.2. The average molecular weight is 446 g/mol. The van der Waals surface area contributed by atoms with Crippen LogP contribution in [-0.2, 0) is 21.4 Å². The smallest absolute Gasteiger partial charge is 0.283 e. The van der Waals surface area contributed by atoms with Crippen LogP contribution in [0.5, 0.6) is 0 Å². The lowest BCUT2D eigenvalue weighted by Crippen LogP contribution is -2.43. The van der Waals surface area contributed by atoms with Gasteiger partial charge >= 0.3 is 0 Å². The highest BCUT2D eigenvalue weighted by atomic mass is 32.2. The highest BCUT2D eigenvalue weighted by Gasteiger charge is 2.48. The molecule has 162 valence electrons. The molecule has 2 aromatic carbocycles. The first-order chi connectivity index (χ1) is 14.4. The molecule has 0 spiro atoms. The molecule has 2 aliphatic heterocycles. The van der Waals surface area contributed by atoms with Crippen LogP contribution in [0.3, 0.4) is 0 Å². The van der Waals surface area contributed by atoms with Crippen molar-refractivity contribution in [2.45, 2.75) is 38.3 Å². The topological polar surface area (TPSA) is 87.0 Å². The Morgan fingerprint density at radius 1 is 1.10 bits per heavy atom. The lowest BCUT2D eigenvalue weighted by atomic mass is 9.84. The van der Waals surface area contributed by atoms with Gasteiger partial charge in [-0.2, -0.15) is 12.8 Å². The second kappa shape index (κ2) is 6.98. The third-order valence-corrected chi connectivity index (χ3v) is 6.66. The molecule has 0 aromatic heterocycles. The lowest BCUT2D eigenvalue weighted by Gasteiger charge is -2.35. The molecular weight excluding hydrogens is 426 g/mol. The van der Waals surface area contributed by atoms with E-state index >= 15 is 0 Å². The minimum Gasteiger partial charge on any atom is -0.509 e. The van der Waals surface area contributed by atoms with Gasteiger partial charge in [0.2, 0.25) is 0 Å². The van der Waals surface area contributed by atoms with Gasteiger partial charge in [0.15, 0.2) is 11.6 Å². The molecule has 2 aromatic rings. The van der Waals surface area contributed by atoms with Gasteiger partial charge in [0.25, 0.3) is 15.9 Å². The van der Waals surface area contributed by atoms with E-state index in [0.29, 0.717) is 5.56 Å². The first kappa shape index (κ1) is 21.2. The van der Waals surface area contributed by atoms with Gasteiger partial charge < -0.3 is 10.0 Å². The Kier molecular flexibility index (Phi) is 4.77. The summed E-state index contributed by atoms with van der Waals surface area (Å²) < 4.78 is 55.7. The number of sulfonamides is 1. The van der Waals surface area contributed by atoms with Crippen LogP contribution in [0, 0.1) is 17.0 Å². The van der Waals surface area contributed by atoms with E-state index in [4.69, 9.17) is 0 Å². The molecule has 6 nitrogen and oxygen atoms in total. The van der Waals surface area contributed by atoms with E-state index in [2.05, 4.69) is 4.40 Å². The molecule has 1 atom stereocenters. The minimum atomic E-state index is -4.00. The van der Waals surface area contributed by atoms with E-state index in [0.717, 1.165) is 12.1 Å². The third kappa shape index (κ3) is 3.42. The van der Waals surface area contributed by atoms with Gasteiger partial charge in [-0.25, -0.2) is 8.78 Å². The fourth-order valence-corrected chi connectivity index (χ4v) is 5.26. The summed E-state index contributed by atoms with van der Waals surface area (Å²) in [6.45, 7) is 5.32. The predicted molar refractivity (Wildman–Crippen MR) is 110 cm³/mol. The normalized spacial score (nSPS) is 20.3. The zero-order chi connectivity index (χ0) is 22.7. The van der Waals surface area contributed by atoms with Crippen LogP contribution < -0.4 is 0 Å². The first-order valence-corrected chi connectivity index (χ1v) is 11.0. The summed E-state index contributed by atoms with van der Waals surface area (Å²) in [6.07, 6.45) is 0. The minimum absolute atomic E-state index is 0.0375. The van der Waals surface area contributed by atoms with E-state index in [1.165, 1.54) is 23.1 Å². The monoisotopic (exact) mass is 446 g/mol. The summed E-state index contributed by atoms with van der Waals surface area (Å²) in [4.78, 5) is 14.7. The second-order valence-electron chi connectivity index (χ2n) is 8.62. The maximum absolute atomic E-state index is 13.7. The Labute approximate surface area is 178 Å². The fraction of sp³-hybridized carbons (Fsp3) is 0.273. The van der Waals surface area contributed by atoms with Crippen LogP contribution in [0.4, 0.5) is 8.78 Å². The standard InChI is InChI=1S/C22H20F2N2O4S/c1-22(2,3)20-19(27)17(18-13-6-4-5-7-16(13)31(29,30)25-18)21(28)26(20)11-12-8-9-14(23)15(24)10-12/h4-10,20,27H,11H2,1-3H3/t20-/m1/s1. The number of hydrogen-bond donors (Lipinski definition) is 1. The summed E-state index contributed by atoms with van der Waals surface area (Å²) in [7, 11) is -4.00. The molecule has 0 bridgehead atoms. The number of rotatable bonds is 3. The maximum Gasteiger partial charge on any atom is 0.283 e. The van der Waals surface area contributed by atoms with Gasteiger partial charge in [-0.3, -0.25) is 4.79 Å². The van der Waals surface area contributed by atoms with Gasteiger partial charge in [-0.15, -0.1) is 0 Å². The molecule has 0 saturated carbocycles. The van der Waals surface area contributed by atoms with E-state index in [1.54, 1.807) is 12.1 Å². The van der Waals surface area contributed by atoms with Crippen LogP contribution in [0.15, 0.2) is 63.1 Å². The Bertz CT molecular complexity index is 1280. The summed E-state index contributed by atoms with van der Waals surface area (Å²) in [5.41, 5.74) is -0.384. The van der Waals surface area contributed by atoms with Gasteiger partial charge in [0.1, 0.15) is 17.0 Å². The van der Waals surface area contributed by atoms with Crippen molar-refractivity contribution in [2.75, 3.05) is 0 Å². The highest BCUT2D eigenvalue weighted by Crippen LogP contribution is 2.40. The molecule has 2 heterocycles. The lowest BCUT2D eigenvalue weighted by molar-refractivity contribution is -0.129. The highest BCUT2D eigenvalue weighted by molar-refractivity contribution is 7.90. The number of carbonyl (C=O) groups is 1. The van der Waals surface area contributed by atoms with Crippen molar-refractivity contribution < 1.29 is 27.1 Å². The largest absolute Gasteiger partial charge is 0.509 e. The van der Waals surface area contributed by atoms with Gasteiger partial charge in [0, 0.05) is 12.1 Å². The van der Waals surface area contributed by atoms with Crippen LogP contribution in [0.1, 0.15) is 31.9 Å². The number of halogens is 2. The van der Waals surface area contributed by atoms with Crippen molar-refractivity contribution in [2.24, 2.45) is 9.81 Å². The van der Waals surface area contributed by atoms with E-state index in [9.17, 15) is 27.1 Å². The Morgan fingerprint density at radius 2 is 1.77 bits per heavy atom. The Morgan fingerprint density at radius 3 is 2.42 bits per heavy atom. The molecule has 4 rings (SSSR count). The van der Waals surface area contributed by atoms with Crippen LogP contribution in [-0.4, -0.2) is 36.1 Å². The van der Waals surface area contributed by atoms with E-state index < -0.39 is 39.0 Å². The molecule has 0 radical (unpaired) electrons. The maximum atomic E-state index is 13.7. The van der Waals surface area contributed by atoms with Crippen molar-refractivity contribution in [1.82, 2.24) is 4.90 Å². The Hall–Kier alpha value is -3.07. The molecule has 1 amide bonds. The van der Waals surface area contributed by atoms with Crippen LogP contribution in [0.2, 0.25) is 0 Å². The molecule has 31 heavy (non-hydrogen) atoms. The molecule has 0 saturated heterocycles. The van der Waals surface area contributed by atoms with Crippen molar-refractivity contribution in [3.63, 3.8) is 0 Å². The third-order valence-electron chi connectivity index (χ3n) is 5.33. The van der Waals surface area contributed by atoms with Crippen molar-refractivity contribution in [3.8, 4) is 0 Å². The zero-order valence-corrected chi connectivity index (χ0v) is 17.9. The molecule has 2 aliphatic rings. The number of fused-ring (bicyclic) bond motifs is 1. The predicted octanol–water partition coefficient (Wildman–Crippen LogP) is 3.73. The molecular formula is C22H20F2N2O4S. The van der Waals surface area contributed by atoms with Gasteiger partial charge in [-0.05, 0) is 29.2 Å². The van der Waals surface area contributed by atoms with E-state index in [-0.39, 0.29) is 34.0 Å². The quantitative estimate of drug-likeness (QED) is 0.779. The molecule has 0 fully saturated rings. The summed E-state index contributed by atoms with van der Waals surface area (Å²) in [5.74, 6) is -2.99. The number of carbonyl (C=O) groups excluding carboxylic acids is 1. The summed E-state index contributed by atoms with van der Waals surface area (Å²) in [6, 6.07) is 8.57. The van der Waals surface area contributed by atoms with Crippen molar-refractivity contribution in [3.05, 3.63) is 76.6 Å². The van der Waals surface area contributed by atoms with Crippen LogP contribution in [0.25, 0.3) is 0 Å². The van der Waals surface area contributed by atoms with Crippen molar-refractivity contribution >= 4 is 21.6 Å². The van der Waals surface area contributed by atoms with Gasteiger partial charge in [0.05, 0.1) is 10.9 Å². The molecule has 9 heteroatoms. The van der Waals surface area contributed by atoms with Crippen LogP contribution >= 0.6 is 0 Å². The number of aliphatic hydroxyl groups excluding tert-OH is 1. The number of hydrogen-bond acceptors (Lipinski definition) is 4.